The van der Waals surface area contributed by atoms with Crippen LogP contribution in [0.4, 0.5) is 4.39 Å². The number of ether oxygens (including phenoxy) is 1. The van der Waals surface area contributed by atoms with Gasteiger partial charge in [0.25, 0.3) is 5.91 Å². The predicted octanol–water partition coefficient (Wildman–Crippen LogP) is 3.97. The molecule has 1 aliphatic rings. The highest BCUT2D eigenvalue weighted by molar-refractivity contribution is 6.32. The van der Waals surface area contributed by atoms with Crippen LogP contribution in [0.1, 0.15) is 24.5 Å². The van der Waals surface area contributed by atoms with E-state index in [1.54, 1.807) is 4.90 Å². The Morgan fingerprint density at radius 1 is 1.19 bits per heavy atom. The van der Waals surface area contributed by atoms with Gasteiger partial charge < -0.3 is 15.4 Å². The van der Waals surface area contributed by atoms with Crippen molar-refractivity contribution in [3.05, 3.63) is 64.9 Å². The summed E-state index contributed by atoms with van der Waals surface area (Å²) in [4.78, 5) is 14.8. The number of halogens is 3. The number of benzene rings is 2. The Hall–Kier alpha value is -1.82. The van der Waals surface area contributed by atoms with E-state index in [9.17, 15) is 9.18 Å². The number of likely N-dealkylation sites (tertiary alicyclic amines) is 1. The number of hydrogen-bond donors (Lipinski definition) is 1. The van der Waals surface area contributed by atoms with Crippen LogP contribution < -0.4 is 10.5 Å². The van der Waals surface area contributed by atoms with Crippen molar-refractivity contribution >= 4 is 29.9 Å². The lowest BCUT2D eigenvalue weighted by atomic mass is 10.0. The molecule has 4 nitrogen and oxygen atoms in total. The number of rotatable bonds is 4. The molecule has 1 unspecified atom stereocenters. The van der Waals surface area contributed by atoms with Crippen LogP contribution in [-0.2, 0) is 4.79 Å². The number of amides is 1. The van der Waals surface area contributed by atoms with Gasteiger partial charge in [-0.05, 0) is 31.0 Å². The number of carbonyl (C=O) groups excluding carboxylic acids is 1. The zero-order chi connectivity index (χ0) is 17.8. The molecule has 0 spiro atoms. The number of nitrogens with zero attached hydrogens (tertiary/aromatic N) is 1. The lowest BCUT2D eigenvalue weighted by molar-refractivity contribution is -0.140. The van der Waals surface area contributed by atoms with Crippen LogP contribution >= 0.6 is 24.0 Å². The quantitative estimate of drug-likeness (QED) is 0.847. The highest BCUT2D eigenvalue weighted by Crippen LogP contribution is 2.31. The average Bonchev–Trinajstić information content (AvgIpc) is 2.62. The van der Waals surface area contributed by atoms with Crippen LogP contribution in [0.15, 0.2) is 48.5 Å². The summed E-state index contributed by atoms with van der Waals surface area (Å²) in [5, 5.41) is 0.134. The van der Waals surface area contributed by atoms with Crippen LogP contribution in [0.25, 0.3) is 0 Å². The third-order valence-corrected chi connectivity index (χ3v) is 4.61. The van der Waals surface area contributed by atoms with E-state index in [1.165, 1.54) is 18.2 Å². The fraction of sp³-hybridized carbons (Fsp3) is 0.316. The molecule has 1 amide bonds. The average molecular weight is 399 g/mol. The van der Waals surface area contributed by atoms with Gasteiger partial charge in [0.1, 0.15) is 11.6 Å². The fourth-order valence-electron chi connectivity index (χ4n) is 2.87. The van der Waals surface area contributed by atoms with Crippen molar-refractivity contribution in [2.75, 3.05) is 13.1 Å². The van der Waals surface area contributed by atoms with Gasteiger partial charge in [-0.1, -0.05) is 41.9 Å². The summed E-state index contributed by atoms with van der Waals surface area (Å²) in [6, 6.07) is 13.2. The second kappa shape index (κ2) is 9.21. The van der Waals surface area contributed by atoms with Gasteiger partial charge in [-0.2, -0.15) is 0 Å². The second-order valence-corrected chi connectivity index (χ2v) is 6.55. The molecule has 1 saturated heterocycles. The predicted molar refractivity (Wildman–Crippen MR) is 102 cm³/mol. The Balaban J connectivity index is 0.00000243. The van der Waals surface area contributed by atoms with Crippen molar-refractivity contribution < 1.29 is 13.9 Å². The van der Waals surface area contributed by atoms with Gasteiger partial charge in [0.15, 0.2) is 0 Å². The highest BCUT2D eigenvalue weighted by Gasteiger charge is 2.30. The van der Waals surface area contributed by atoms with Crippen molar-refractivity contribution in [3.63, 3.8) is 0 Å². The number of carbonyl (C=O) groups is 1. The molecule has 0 saturated carbocycles. The molecule has 0 aromatic heterocycles. The minimum absolute atomic E-state index is 0. The third kappa shape index (κ3) is 4.87. The molecule has 7 heteroatoms. The number of piperidine rings is 1. The maximum atomic E-state index is 13.3. The SMILES string of the molecule is Cl.NC1CCN(C(=O)C(Oc2ccc(F)cc2Cl)c2ccccc2)CC1. The molecule has 2 aromatic carbocycles. The van der Waals surface area contributed by atoms with E-state index in [-0.39, 0.29) is 35.1 Å². The highest BCUT2D eigenvalue weighted by atomic mass is 35.5. The molecular formula is C19H21Cl2FN2O2. The first-order valence-corrected chi connectivity index (χ1v) is 8.63. The normalized spacial score (nSPS) is 15.9. The summed E-state index contributed by atoms with van der Waals surface area (Å²) >= 11 is 6.06. The first kappa shape index (κ1) is 20.5. The van der Waals surface area contributed by atoms with Gasteiger partial charge in [0, 0.05) is 24.7 Å². The monoisotopic (exact) mass is 398 g/mol. The van der Waals surface area contributed by atoms with Crippen LogP contribution in [-0.4, -0.2) is 29.9 Å². The largest absolute Gasteiger partial charge is 0.474 e. The van der Waals surface area contributed by atoms with Crippen molar-refractivity contribution in [3.8, 4) is 5.75 Å². The van der Waals surface area contributed by atoms with E-state index in [0.29, 0.717) is 13.1 Å². The first-order valence-electron chi connectivity index (χ1n) is 8.25. The Labute approximate surface area is 163 Å². The Bertz CT molecular complexity index is 738. The van der Waals surface area contributed by atoms with Crippen LogP contribution in [0, 0.1) is 5.82 Å². The molecule has 1 atom stereocenters. The summed E-state index contributed by atoms with van der Waals surface area (Å²) in [6.45, 7) is 1.20. The summed E-state index contributed by atoms with van der Waals surface area (Å²) in [5.41, 5.74) is 6.64. The molecule has 3 rings (SSSR count). The van der Waals surface area contributed by atoms with E-state index in [0.717, 1.165) is 18.4 Å². The molecule has 26 heavy (non-hydrogen) atoms. The Morgan fingerprint density at radius 2 is 1.85 bits per heavy atom. The minimum Gasteiger partial charge on any atom is -0.474 e. The molecule has 2 N–H and O–H groups in total. The van der Waals surface area contributed by atoms with Gasteiger partial charge in [-0.25, -0.2) is 4.39 Å². The molecule has 0 radical (unpaired) electrons. The van der Waals surface area contributed by atoms with Gasteiger partial charge in [0.05, 0.1) is 5.02 Å². The van der Waals surface area contributed by atoms with Gasteiger partial charge >= 0.3 is 0 Å². The standard InChI is InChI=1S/C19H20ClFN2O2.ClH/c20-16-12-14(21)6-7-17(16)25-18(13-4-2-1-3-5-13)19(24)23-10-8-15(22)9-11-23;/h1-7,12,15,18H,8-11,22H2;1H. The molecule has 2 aromatic rings. The lowest BCUT2D eigenvalue weighted by Crippen LogP contribution is -2.45. The van der Waals surface area contributed by atoms with Crippen molar-refractivity contribution in [2.45, 2.75) is 25.0 Å². The Morgan fingerprint density at radius 3 is 2.46 bits per heavy atom. The van der Waals surface area contributed by atoms with E-state index >= 15 is 0 Å². The van der Waals surface area contributed by atoms with E-state index in [1.807, 2.05) is 30.3 Å². The van der Waals surface area contributed by atoms with Crippen molar-refractivity contribution in [1.29, 1.82) is 0 Å². The number of nitrogens with two attached hydrogens (primary N) is 1. The zero-order valence-corrected chi connectivity index (χ0v) is 15.7. The van der Waals surface area contributed by atoms with Gasteiger partial charge in [0.2, 0.25) is 6.10 Å². The Kier molecular flexibility index (Phi) is 7.26. The zero-order valence-electron chi connectivity index (χ0n) is 14.1. The molecule has 1 heterocycles. The smallest absolute Gasteiger partial charge is 0.268 e. The van der Waals surface area contributed by atoms with E-state index in [4.69, 9.17) is 22.1 Å². The van der Waals surface area contributed by atoms with E-state index < -0.39 is 11.9 Å². The molecule has 1 fully saturated rings. The maximum absolute atomic E-state index is 13.3. The summed E-state index contributed by atoms with van der Waals surface area (Å²) in [7, 11) is 0. The molecule has 140 valence electrons. The second-order valence-electron chi connectivity index (χ2n) is 6.15. The van der Waals surface area contributed by atoms with Crippen LogP contribution in [0.5, 0.6) is 5.75 Å². The first-order chi connectivity index (χ1) is 12.0. The maximum Gasteiger partial charge on any atom is 0.268 e. The molecule has 1 aliphatic heterocycles. The van der Waals surface area contributed by atoms with Crippen LogP contribution in [0.3, 0.4) is 0 Å². The van der Waals surface area contributed by atoms with Gasteiger partial charge in [-0.15, -0.1) is 12.4 Å². The van der Waals surface area contributed by atoms with Crippen molar-refractivity contribution in [2.24, 2.45) is 5.73 Å². The minimum atomic E-state index is -0.835. The summed E-state index contributed by atoms with van der Waals surface area (Å²) in [6.07, 6.45) is 0.702. The lowest BCUT2D eigenvalue weighted by Gasteiger charge is -2.33. The molecule has 0 aliphatic carbocycles. The summed E-state index contributed by atoms with van der Waals surface area (Å²) < 4.78 is 19.2. The van der Waals surface area contributed by atoms with Crippen molar-refractivity contribution in [1.82, 2.24) is 4.90 Å². The van der Waals surface area contributed by atoms with Gasteiger partial charge in [-0.3, -0.25) is 4.79 Å². The number of hydrogen-bond acceptors (Lipinski definition) is 3. The van der Waals surface area contributed by atoms with Crippen LogP contribution in [0.2, 0.25) is 5.02 Å². The molecular weight excluding hydrogens is 378 g/mol. The topological polar surface area (TPSA) is 55.6 Å². The molecule has 0 bridgehead atoms. The summed E-state index contributed by atoms with van der Waals surface area (Å²) in [5.74, 6) is -0.317. The third-order valence-electron chi connectivity index (χ3n) is 4.32. The fourth-order valence-corrected chi connectivity index (χ4v) is 3.08. The van der Waals surface area contributed by atoms with E-state index in [2.05, 4.69) is 0 Å².